The molecule has 0 aliphatic heterocycles. The summed E-state index contributed by atoms with van der Waals surface area (Å²) in [5, 5.41) is 24.3. The average Bonchev–Trinajstić information content (AvgIpc) is 1.78. The molecule has 454 valence electrons. The van der Waals surface area contributed by atoms with Crippen molar-refractivity contribution in [2.75, 3.05) is 0 Å². The van der Waals surface area contributed by atoms with Gasteiger partial charge in [-0.25, -0.2) is 14.4 Å². The molecule has 87 heavy (non-hydrogen) atoms. The van der Waals surface area contributed by atoms with Crippen molar-refractivity contribution in [2.45, 2.75) is 157 Å². The van der Waals surface area contributed by atoms with E-state index in [0.717, 1.165) is 97.5 Å². The molecule has 2 N–H and O–H groups in total. The Morgan fingerprint density at radius 1 is 0.425 bits per heavy atom. The van der Waals surface area contributed by atoms with Crippen LogP contribution in [-0.2, 0) is 53.6 Å². The van der Waals surface area contributed by atoms with Crippen LogP contribution < -0.4 is 0 Å². The van der Waals surface area contributed by atoms with Crippen LogP contribution >= 0.6 is 22.7 Å². The van der Waals surface area contributed by atoms with E-state index in [1.165, 1.54) is 35.4 Å². The molecule has 0 unspecified atom stereocenters. The first-order chi connectivity index (χ1) is 40.0. The van der Waals surface area contributed by atoms with Crippen LogP contribution in [0.4, 0.5) is 20.2 Å². The van der Waals surface area contributed by atoms with Gasteiger partial charge in [-0.3, -0.25) is 14.4 Å². The van der Waals surface area contributed by atoms with Crippen molar-refractivity contribution >= 4 is 66.9 Å². The Bertz CT molecular complexity index is 3940. The second-order valence-corrected chi connectivity index (χ2v) is 30.7. The van der Waals surface area contributed by atoms with Crippen LogP contribution in [0.3, 0.4) is 0 Å². The van der Waals surface area contributed by atoms with E-state index in [0.29, 0.717) is 11.1 Å². The maximum Gasteiger partial charge on any atom is 0.128 e. The number of hydrogen-bond acceptors (Lipinski definition) is 8. The number of hydrogen-bond donors (Lipinski definition) is 2. The van der Waals surface area contributed by atoms with E-state index in [4.69, 9.17) is 20.0 Å². The van der Waals surface area contributed by atoms with Gasteiger partial charge in [-0.2, -0.15) is 0 Å². The summed E-state index contributed by atoms with van der Waals surface area (Å²) in [7, 11) is 0. The maximum absolute atomic E-state index is 13.8. The molecule has 0 radical (unpaired) electrons. The fourth-order valence-electron chi connectivity index (χ4n) is 10.1. The molecule has 0 atom stereocenters. The fraction of sp³-hybridized carbons (Fsp3) is 0.316. The van der Waals surface area contributed by atoms with Gasteiger partial charge in [0.1, 0.15) is 27.3 Å². The number of phenols is 2. The third-order valence-corrected chi connectivity index (χ3v) is 17.6. The quantitative estimate of drug-likeness (QED) is 0.117. The normalized spacial score (nSPS) is 12.7. The van der Waals surface area contributed by atoms with E-state index in [-0.39, 0.29) is 76.7 Å². The van der Waals surface area contributed by atoms with E-state index in [1.54, 1.807) is 41.2 Å². The number of phenolic OH excluding ortho intramolecular Hbond substituents is 2. The molecule has 0 fully saturated rings. The van der Waals surface area contributed by atoms with E-state index < -0.39 is 0 Å². The first kappa shape index (κ1) is 66.0. The standard InChI is InChI=1S/C38H41FN2OS.C38H40FN2OS.Pt/c2*1-36(2,3)25-18-24(34(42)30(20-25)38(7,8)9)22-40-31-13-11-10-12-28(31)35-41-33-29(23-14-16-27(39)17-15-23)19-26(37(4,5)6)21-32(33)43-35;/h10-22,42H,1-9H3;10-14,16-22,42H,1-9H3;/q;-1;. The molecule has 0 amide bonds. The molecule has 0 saturated heterocycles. The Labute approximate surface area is 537 Å². The summed E-state index contributed by atoms with van der Waals surface area (Å²) < 4.78 is 29.7. The Morgan fingerprint density at radius 3 is 1.20 bits per heavy atom. The van der Waals surface area contributed by atoms with Gasteiger partial charge in [0.2, 0.25) is 0 Å². The molecule has 11 heteroatoms. The first-order valence-electron chi connectivity index (χ1n) is 29.4. The number of nitrogens with zero attached hydrogens (tertiary/aromatic N) is 4. The molecule has 8 aromatic carbocycles. The van der Waals surface area contributed by atoms with Crippen molar-refractivity contribution < 1.29 is 40.1 Å². The van der Waals surface area contributed by atoms with Gasteiger partial charge >= 0.3 is 0 Å². The number of benzene rings is 8. The SMILES string of the molecule is CC(C)(C)c1cc(C=Nc2ccccc2-c2nc3c(-c4[c-]cc(F)cc4)cc(C(C)(C)C)cc3s2)c(O)c(C(C)(C)C)c1.CC(C)(C)c1cc(C=Nc2ccccc2-c2nc3c(-c4ccc(F)cc4)cc(C(C)(C)C)cc3s2)c(O)c(C(C)(C)C)c1.[Pt]. The summed E-state index contributed by atoms with van der Waals surface area (Å²) in [4.78, 5) is 20.1. The van der Waals surface area contributed by atoms with Crippen LogP contribution in [0.1, 0.15) is 169 Å². The summed E-state index contributed by atoms with van der Waals surface area (Å²) in [5.74, 6) is -0.0465. The summed E-state index contributed by atoms with van der Waals surface area (Å²) in [6.07, 6.45) is 3.54. The number of halogens is 2. The minimum absolute atomic E-state index is 0. The number of para-hydroxylation sites is 2. The van der Waals surface area contributed by atoms with Gasteiger partial charge < -0.3 is 10.2 Å². The van der Waals surface area contributed by atoms with E-state index in [9.17, 15) is 19.0 Å². The molecule has 0 spiro atoms. The number of aromatic hydroxyl groups is 2. The Balaban J connectivity index is 0.000000223. The molecule has 0 aliphatic rings. The van der Waals surface area contributed by atoms with Crippen molar-refractivity contribution in [1.82, 2.24) is 9.97 Å². The minimum atomic E-state index is -0.313. The van der Waals surface area contributed by atoms with Crippen molar-refractivity contribution in [2.24, 2.45) is 9.98 Å². The summed E-state index contributed by atoms with van der Waals surface area (Å²) in [6.45, 7) is 38.9. The van der Waals surface area contributed by atoms with Crippen LogP contribution in [0.5, 0.6) is 11.5 Å². The van der Waals surface area contributed by atoms with Crippen molar-refractivity contribution in [1.29, 1.82) is 0 Å². The molecule has 2 aromatic heterocycles. The molecule has 6 nitrogen and oxygen atoms in total. The van der Waals surface area contributed by atoms with Gasteiger partial charge in [-0.05, 0) is 127 Å². The Morgan fingerprint density at radius 2 is 0.805 bits per heavy atom. The van der Waals surface area contributed by atoms with Crippen molar-refractivity contribution in [3.8, 4) is 54.9 Å². The van der Waals surface area contributed by atoms with E-state index >= 15 is 0 Å². The smallest absolute Gasteiger partial charge is 0.128 e. The second kappa shape index (κ2) is 24.9. The number of aromatic nitrogens is 2. The Kier molecular flexibility index (Phi) is 18.9. The molecular formula is C76H81F2N4O2PtS2-. The summed E-state index contributed by atoms with van der Waals surface area (Å²) >= 11 is 3.26. The molecule has 0 aliphatic carbocycles. The molecule has 2 heterocycles. The zero-order valence-corrected chi connectivity index (χ0v) is 57.4. The molecule has 10 rings (SSSR count). The monoisotopic (exact) mass is 1380 g/mol. The van der Waals surface area contributed by atoms with E-state index in [2.05, 4.69) is 167 Å². The van der Waals surface area contributed by atoms with Gasteiger partial charge in [0.25, 0.3) is 0 Å². The largest absolute Gasteiger partial charge is 0.507 e. The van der Waals surface area contributed by atoms with Crippen LogP contribution in [0.25, 0.3) is 63.8 Å². The fourth-order valence-corrected chi connectivity index (χ4v) is 12.2. The van der Waals surface area contributed by atoms with Crippen LogP contribution in [0, 0.1) is 17.7 Å². The molecule has 0 bridgehead atoms. The van der Waals surface area contributed by atoms with Gasteiger partial charge in [0.15, 0.2) is 0 Å². The third-order valence-electron chi connectivity index (χ3n) is 15.5. The van der Waals surface area contributed by atoms with Gasteiger partial charge in [0.05, 0.1) is 21.6 Å². The van der Waals surface area contributed by atoms with Crippen molar-refractivity contribution in [3.63, 3.8) is 0 Å². The first-order valence-corrected chi connectivity index (χ1v) is 31.0. The number of rotatable bonds is 8. The molecule has 10 aromatic rings. The topological polar surface area (TPSA) is 91.0 Å². The van der Waals surface area contributed by atoms with Crippen LogP contribution in [0.2, 0.25) is 0 Å². The third kappa shape index (κ3) is 15.0. The van der Waals surface area contributed by atoms with Crippen LogP contribution in [0.15, 0.2) is 150 Å². The average molecular weight is 1380 g/mol. The second-order valence-electron chi connectivity index (χ2n) is 28.7. The zero-order valence-electron chi connectivity index (χ0n) is 53.5. The van der Waals surface area contributed by atoms with Crippen LogP contribution in [-0.4, -0.2) is 32.6 Å². The van der Waals surface area contributed by atoms with Crippen molar-refractivity contribution in [3.05, 3.63) is 202 Å². The minimum Gasteiger partial charge on any atom is -0.507 e. The molecule has 0 saturated carbocycles. The number of aliphatic imine (C=N–C) groups is 2. The summed E-state index contributed by atoms with van der Waals surface area (Å²) in [5.41, 5.74) is 15.9. The van der Waals surface area contributed by atoms with Gasteiger partial charge in [-0.15, -0.1) is 52.5 Å². The summed E-state index contributed by atoms with van der Waals surface area (Å²) in [6, 6.07) is 47.3. The van der Waals surface area contributed by atoms with E-state index in [1.807, 2.05) is 72.8 Å². The predicted molar refractivity (Wildman–Crippen MR) is 363 cm³/mol. The predicted octanol–water partition coefficient (Wildman–Crippen LogP) is 22.0. The Hall–Kier alpha value is -6.97. The molecular weight excluding hydrogens is 1300 g/mol. The number of thiazole rings is 2. The van der Waals surface area contributed by atoms with Gasteiger partial charge in [0, 0.05) is 88.5 Å². The number of fused-ring (bicyclic) bond motifs is 2. The zero-order chi connectivity index (χ0) is 62.6. The maximum atomic E-state index is 13.8. The van der Waals surface area contributed by atoms with Gasteiger partial charge in [-0.1, -0.05) is 185 Å².